The van der Waals surface area contributed by atoms with Crippen molar-refractivity contribution in [1.82, 2.24) is 0 Å². The van der Waals surface area contributed by atoms with Gasteiger partial charge in [0.25, 0.3) is 11.9 Å². The third-order valence-electron chi connectivity index (χ3n) is 0. The van der Waals surface area contributed by atoms with E-state index in [1.807, 2.05) is 0 Å². The van der Waals surface area contributed by atoms with E-state index in [4.69, 9.17) is 30.9 Å². The molecule has 0 bridgehead atoms. The molecule has 0 saturated carbocycles. The second-order valence-corrected chi connectivity index (χ2v) is 1.04. The molecule has 0 saturated heterocycles. The molecule has 0 spiro atoms. The van der Waals surface area contributed by atoms with Gasteiger partial charge in [0.15, 0.2) is 0 Å². The minimum absolute atomic E-state index is 0.833. The van der Waals surface area contributed by atoms with E-state index in [9.17, 15) is 0 Å². The first-order chi connectivity index (χ1) is 4.46. The van der Waals surface area contributed by atoms with Gasteiger partial charge in [0.05, 0.1) is 0 Å². The predicted octanol–water partition coefficient (Wildman–Crippen LogP) is 0.778. The highest BCUT2D eigenvalue weighted by molar-refractivity contribution is 5.63. The fourth-order valence-electron chi connectivity index (χ4n) is 0. The predicted molar refractivity (Wildman–Crippen MR) is 32.1 cm³/mol. The van der Waals surface area contributed by atoms with Crippen molar-refractivity contribution in [3.05, 3.63) is 0 Å². The zero-order valence-electron chi connectivity index (χ0n) is 5.71. The van der Waals surface area contributed by atoms with Crippen molar-refractivity contribution in [2.45, 2.75) is 13.8 Å². The Morgan fingerprint density at radius 3 is 1.00 bits per heavy atom. The Balaban J connectivity index is -0.0000000787. The van der Waals surface area contributed by atoms with Gasteiger partial charge in [0.2, 0.25) is 0 Å². The first-order valence-electron chi connectivity index (χ1n) is 2.11. The summed E-state index contributed by atoms with van der Waals surface area (Å²) in [5.41, 5.74) is 10.0. The minimum Gasteiger partial charge on any atom is -0.481 e. The molecule has 0 amide bonds. The molecule has 0 radical (unpaired) electrons. The van der Waals surface area contributed by atoms with E-state index in [-0.39, 0.29) is 0 Å². The SMILES string of the molecule is CC(=O)O.CC(=O)O.N=N. The molecule has 4 N–H and O–H groups in total. The van der Waals surface area contributed by atoms with Crippen molar-refractivity contribution in [1.29, 1.82) is 11.1 Å². The molecule has 0 aromatic carbocycles. The summed E-state index contributed by atoms with van der Waals surface area (Å²) in [7, 11) is 0. The topological polar surface area (TPSA) is 122 Å². The number of hydrogen-bond donors (Lipinski definition) is 4. The molecule has 6 nitrogen and oxygen atoms in total. The number of carbonyl (C=O) groups is 2. The van der Waals surface area contributed by atoms with Crippen molar-refractivity contribution in [2.24, 2.45) is 0 Å². The summed E-state index contributed by atoms with van der Waals surface area (Å²) >= 11 is 0. The third kappa shape index (κ3) is 94.2. The van der Waals surface area contributed by atoms with Crippen LogP contribution in [0.15, 0.2) is 0 Å². The molecule has 0 aromatic heterocycles. The monoisotopic (exact) mass is 150 g/mol. The zero-order valence-corrected chi connectivity index (χ0v) is 5.71. The van der Waals surface area contributed by atoms with Gasteiger partial charge in [0, 0.05) is 13.8 Å². The average molecular weight is 150 g/mol. The summed E-state index contributed by atoms with van der Waals surface area (Å²) in [5.74, 6) is -1.67. The van der Waals surface area contributed by atoms with Crippen LogP contribution in [-0.2, 0) is 9.59 Å². The lowest BCUT2D eigenvalue weighted by molar-refractivity contribution is -0.135. The molecule has 0 atom stereocenters. The highest BCUT2D eigenvalue weighted by Crippen LogP contribution is 1.42. The van der Waals surface area contributed by atoms with Crippen LogP contribution in [0.3, 0.4) is 0 Å². The van der Waals surface area contributed by atoms with Gasteiger partial charge in [-0.1, -0.05) is 0 Å². The maximum Gasteiger partial charge on any atom is 0.300 e. The maximum atomic E-state index is 9.00. The number of carboxylic acid groups (broad SMARTS) is 2. The molecule has 10 heavy (non-hydrogen) atoms. The van der Waals surface area contributed by atoms with Crippen LogP contribution in [0.1, 0.15) is 13.8 Å². The molecule has 0 rings (SSSR count). The second-order valence-electron chi connectivity index (χ2n) is 1.04. The number of nitrogens with one attached hydrogen (secondary N) is 2. The van der Waals surface area contributed by atoms with Crippen molar-refractivity contribution in [3.63, 3.8) is 0 Å². The van der Waals surface area contributed by atoms with Gasteiger partial charge in [-0.2, -0.15) is 0 Å². The molecule has 0 aromatic rings. The fourth-order valence-corrected chi connectivity index (χ4v) is 0. The van der Waals surface area contributed by atoms with Gasteiger partial charge in [-0.15, -0.1) is 0 Å². The Bertz CT molecular complexity index is 83.4. The molecule has 0 unspecified atom stereocenters. The Morgan fingerprint density at radius 2 is 1.00 bits per heavy atom. The summed E-state index contributed by atoms with van der Waals surface area (Å²) in [6.45, 7) is 2.17. The van der Waals surface area contributed by atoms with Crippen LogP contribution in [-0.4, -0.2) is 22.2 Å². The van der Waals surface area contributed by atoms with E-state index in [2.05, 4.69) is 0 Å². The van der Waals surface area contributed by atoms with Crippen LogP contribution in [0.25, 0.3) is 0 Å². The quantitative estimate of drug-likeness (QED) is 0.381. The van der Waals surface area contributed by atoms with E-state index < -0.39 is 11.9 Å². The van der Waals surface area contributed by atoms with Crippen LogP contribution in [0.2, 0.25) is 0 Å². The lowest BCUT2D eigenvalue weighted by Gasteiger charge is -1.59. The van der Waals surface area contributed by atoms with E-state index in [0.717, 1.165) is 13.8 Å². The number of hydrogen-bond acceptors (Lipinski definition) is 4. The first-order valence-corrected chi connectivity index (χ1v) is 2.11. The van der Waals surface area contributed by atoms with Crippen molar-refractivity contribution in [2.75, 3.05) is 0 Å². The molecule has 0 heterocycles. The number of carboxylic acids is 2. The lowest BCUT2D eigenvalue weighted by Crippen LogP contribution is -1.78. The minimum atomic E-state index is -0.833. The van der Waals surface area contributed by atoms with Crippen LogP contribution >= 0.6 is 0 Å². The Kier molecular flexibility index (Phi) is 24.8. The molecule has 0 aliphatic carbocycles. The summed E-state index contributed by atoms with van der Waals surface area (Å²) in [6.07, 6.45) is 0. The van der Waals surface area contributed by atoms with E-state index in [1.54, 1.807) is 0 Å². The Morgan fingerprint density at radius 1 is 1.00 bits per heavy atom. The van der Waals surface area contributed by atoms with Gasteiger partial charge < -0.3 is 10.2 Å². The fraction of sp³-hybridized carbons (Fsp3) is 0.500. The molecular weight excluding hydrogens is 140 g/mol. The van der Waals surface area contributed by atoms with E-state index in [0.29, 0.717) is 0 Å². The Hall–Kier alpha value is -1.46. The highest BCUT2D eigenvalue weighted by Gasteiger charge is 1.65. The van der Waals surface area contributed by atoms with Crippen LogP contribution in [0.5, 0.6) is 0 Å². The van der Waals surface area contributed by atoms with Crippen molar-refractivity contribution >= 4 is 11.9 Å². The van der Waals surface area contributed by atoms with Gasteiger partial charge in [-0.3, -0.25) is 9.59 Å². The summed E-state index contributed by atoms with van der Waals surface area (Å²) < 4.78 is 0. The largest absolute Gasteiger partial charge is 0.481 e. The van der Waals surface area contributed by atoms with Crippen LogP contribution in [0, 0.1) is 11.1 Å². The summed E-state index contributed by atoms with van der Waals surface area (Å²) in [6, 6.07) is 0. The van der Waals surface area contributed by atoms with E-state index >= 15 is 0 Å². The molecule has 6 heteroatoms. The second kappa shape index (κ2) is 15.6. The number of rotatable bonds is 0. The molecule has 0 aliphatic rings. The van der Waals surface area contributed by atoms with Gasteiger partial charge in [0.1, 0.15) is 0 Å². The summed E-state index contributed by atoms with van der Waals surface area (Å²) in [5, 5.41) is 14.8. The molecule has 0 fully saturated rings. The average Bonchev–Trinajstić information content (AvgIpc) is 1.66. The van der Waals surface area contributed by atoms with Gasteiger partial charge >= 0.3 is 0 Å². The van der Waals surface area contributed by atoms with Gasteiger partial charge in [-0.05, 0) is 0 Å². The zero-order chi connectivity index (χ0) is 9.15. The molecular formula is C4H10N2O4. The molecule has 0 aliphatic heterocycles. The smallest absolute Gasteiger partial charge is 0.300 e. The standard InChI is InChI=1S/2C2H4O2.H2N2/c2*1-2(3)4;1-2/h2*1H3,(H,3,4);1-2H. The normalized spacial score (nSPS) is 5.40. The summed E-state index contributed by atoms with van der Waals surface area (Å²) in [4.78, 5) is 18.0. The maximum absolute atomic E-state index is 9.00. The third-order valence-corrected chi connectivity index (χ3v) is 0. The van der Waals surface area contributed by atoms with E-state index in [1.165, 1.54) is 0 Å². The van der Waals surface area contributed by atoms with Crippen LogP contribution < -0.4 is 0 Å². The van der Waals surface area contributed by atoms with Crippen molar-refractivity contribution < 1.29 is 19.8 Å². The highest BCUT2D eigenvalue weighted by atomic mass is 16.4. The number of aliphatic carboxylic acids is 2. The molecule has 60 valence electrons. The Labute approximate surface area is 57.8 Å². The lowest BCUT2D eigenvalue weighted by atomic mass is 10.9. The van der Waals surface area contributed by atoms with Crippen LogP contribution in [0.4, 0.5) is 0 Å². The van der Waals surface area contributed by atoms with Crippen molar-refractivity contribution in [3.8, 4) is 0 Å². The van der Waals surface area contributed by atoms with Gasteiger partial charge in [-0.25, -0.2) is 11.1 Å². The first kappa shape index (κ1) is 15.8.